The van der Waals surface area contributed by atoms with Crippen LogP contribution in [0.4, 0.5) is 5.82 Å². The third-order valence-electron chi connectivity index (χ3n) is 5.88. The van der Waals surface area contributed by atoms with Crippen LogP contribution < -0.4 is 5.73 Å². The van der Waals surface area contributed by atoms with Crippen LogP contribution in [0.5, 0.6) is 0 Å². The van der Waals surface area contributed by atoms with Crippen molar-refractivity contribution in [1.82, 2.24) is 19.8 Å². The molecule has 1 fully saturated rings. The number of fused-ring (bicyclic) bond motifs is 2. The molecule has 2 N–H and O–H groups in total. The zero-order chi connectivity index (χ0) is 20.7. The Balaban J connectivity index is 1.24. The van der Waals surface area contributed by atoms with Gasteiger partial charge in [0.2, 0.25) is 0 Å². The normalized spacial score (nSPS) is 18.4. The molecule has 30 heavy (non-hydrogen) atoms. The van der Waals surface area contributed by atoms with Crippen molar-refractivity contribution >= 4 is 49.7 Å². The number of nitrogens with two attached hydrogens (primary N) is 1. The Labute approximate surface area is 185 Å². The standard InChI is InChI=1S/C23H24ClN5S/c1-15-11-28(12-16-2-4-20-21(8-16)26-14-27-23(20)25)6-7-29(15)13-19-10-17-9-18(24)3-5-22(17)30-19/h2-5,8-10,14-15H,6-7,11-13H2,1H3,(H2,25,26,27)/t15-/m0/s1. The Morgan fingerprint density at radius 3 is 2.87 bits per heavy atom. The molecule has 2 aromatic heterocycles. The number of aromatic nitrogens is 2. The number of benzene rings is 2. The molecule has 0 amide bonds. The van der Waals surface area contributed by atoms with Gasteiger partial charge in [0.1, 0.15) is 12.1 Å². The first-order valence-electron chi connectivity index (χ1n) is 10.2. The van der Waals surface area contributed by atoms with Gasteiger partial charge < -0.3 is 5.73 Å². The maximum absolute atomic E-state index is 6.14. The zero-order valence-corrected chi connectivity index (χ0v) is 18.5. The van der Waals surface area contributed by atoms with Gasteiger partial charge in [0.15, 0.2) is 0 Å². The molecule has 2 aromatic carbocycles. The minimum atomic E-state index is 0.506. The molecule has 4 aromatic rings. The molecule has 1 saturated heterocycles. The fourth-order valence-corrected chi connectivity index (χ4v) is 5.53. The molecule has 0 bridgehead atoms. The van der Waals surface area contributed by atoms with Gasteiger partial charge in [-0.2, -0.15) is 0 Å². The van der Waals surface area contributed by atoms with E-state index in [0.717, 1.165) is 48.6 Å². The highest BCUT2D eigenvalue weighted by atomic mass is 35.5. The van der Waals surface area contributed by atoms with E-state index in [1.165, 1.54) is 26.9 Å². The van der Waals surface area contributed by atoms with E-state index in [4.69, 9.17) is 17.3 Å². The quantitative estimate of drug-likeness (QED) is 0.497. The number of piperazine rings is 1. The SMILES string of the molecule is C[C@H]1CN(Cc2ccc3c(N)ncnc3c2)CCN1Cc1cc2cc(Cl)ccc2s1. The van der Waals surface area contributed by atoms with Crippen LogP contribution in [-0.2, 0) is 13.1 Å². The molecule has 1 atom stereocenters. The summed E-state index contributed by atoms with van der Waals surface area (Å²) in [6.07, 6.45) is 1.53. The van der Waals surface area contributed by atoms with Crippen LogP contribution in [-0.4, -0.2) is 45.4 Å². The predicted octanol–water partition coefficient (Wildman–Crippen LogP) is 4.79. The predicted molar refractivity (Wildman–Crippen MR) is 126 cm³/mol. The van der Waals surface area contributed by atoms with Crippen molar-refractivity contribution < 1.29 is 0 Å². The number of rotatable bonds is 4. The minimum Gasteiger partial charge on any atom is -0.383 e. The van der Waals surface area contributed by atoms with Crippen LogP contribution in [0, 0.1) is 0 Å². The fourth-order valence-electron chi connectivity index (χ4n) is 4.28. The molecule has 0 saturated carbocycles. The Kier molecular flexibility index (Phi) is 5.33. The lowest BCUT2D eigenvalue weighted by atomic mass is 10.1. The van der Waals surface area contributed by atoms with Crippen LogP contribution in [0.3, 0.4) is 0 Å². The molecule has 7 heteroatoms. The number of hydrogen-bond acceptors (Lipinski definition) is 6. The second kappa shape index (κ2) is 8.12. The van der Waals surface area contributed by atoms with E-state index in [9.17, 15) is 0 Å². The Hall–Kier alpha value is -2.25. The lowest BCUT2D eigenvalue weighted by Gasteiger charge is -2.39. The Morgan fingerprint density at radius 2 is 2.00 bits per heavy atom. The minimum absolute atomic E-state index is 0.506. The lowest BCUT2D eigenvalue weighted by Crippen LogP contribution is -2.50. The summed E-state index contributed by atoms with van der Waals surface area (Å²) in [5.74, 6) is 0.539. The fraction of sp³-hybridized carbons (Fsp3) is 0.304. The zero-order valence-electron chi connectivity index (χ0n) is 16.9. The Bertz CT molecular complexity index is 1210. The summed E-state index contributed by atoms with van der Waals surface area (Å²) in [6, 6.07) is 15.2. The van der Waals surface area contributed by atoms with E-state index in [-0.39, 0.29) is 0 Å². The number of anilines is 1. The number of hydrogen-bond donors (Lipinski definition) is 1. The van der Waals surface area contributed by atoms with Gasteiger partial charge in [0.25, 0.3) is 0 Å². The highest BCUT2D eigenvalue weighted by Crippen LogP contribution is 2.30. The van der Waals surface area contributed by atoms with Gasteiger partial charge >= 0.3 is 0 Å². The van der Waals surface area contributed by atoms with Crippen molar-refractivity contribution in [2.45, 2.75) is 26.1 Å². The van der Waals surface area contributed by atoms with E-state index in [1.807, 2.05) is 23.5 Å². The Morgan fingerprint density at radius 1 is 1.10 bits per heavy atom. The summed E-state index contributed by atoms with van der Waals surface area (Å²) in [6.45, 7) is 7.44. The molecule has 154 valence electrons. The summed E-state index contributed by atoms with van der Waals surface area (Å²) < 4.78 is 1.31. The molecule has 0 radical (unpaired) electrons. The van der Waals surface area contributed by atoms with Crippen LogP contribution in [0.15, 0.2) is 48.8 Å². The third kappa shape index (κ3) is 4.01. The highest BCUT2D eigenvalue weighted by molar-refractivity contribution is 7.19. The smallest absolute Gasteiger partial charge is 0.134 e. The van der Waals surface area contributed by atoms with E-state index in [0.29, 0.717) is 11.9 Å². The van der Waals surface area contributed by atoms with Gasteiger partial charge in [-0.1, -0.05) is 17.7 Å². The molecule has 0 unspecified atom stereocenters. The number of halogens is 1. The molecule has 0 spiro atoms. The maximum Gasteiger partial charge on any atom is 0.134 e. The molecule has 0 aliphatic carbocycles. The van der Waals surface area contributed by atoms with Crippen molar-refractivity contribution in [3.63, 3.8) is 0 Å². The summed E-state index contributed by atoms with van der Waals surface area (Å²) in [4.78, 5) is 14.9. The van der Waals surface area contributed by atoms with Crippen molar-refractivity contribution in [2.24, 2.45) is 0 Å². The van der Waals surface area contributed by atoms with Crippen LogP contribution in [0.25, 0.3) is 21.0 Å². The molecule has 3 heterocycles. The van der Waals surface area contributed by atoms with E-state index >= 15 is 0 Å². The summed E-state index contributed by atoms with van der Waals surface area (Å²) in [5, 5.41) is 2.97. The van der Waals surface area contributed by atoms with Gasteiger partial charge in [-0.15, -0.1) is 11.3 Å². The first-order chi connectivity index (χ1) is 14.5. The van der Waals surface area contributed by atoms with Crippen LogP contribution in [0.2, 0.25) is 5.02 Å². The second-order valence-corrected chi connectivity index (χ2v) is 9.66. The number of nitrogen functional groups attached to an aromatic ring is 1. The highest BCUT2D eigenvalue weighted by Gasteiger charge is 2.24. The van der Waals surface area contributed by atoms with Crippen molar-refractivity contribution in [1.29, 1.82) is 0 Å². The second-order valence-electron chi connectivity index (χ2n) is 8.06. The topological polar surface area (TPSA) is 58.3 Å². The van der Waals surface area contributed by atoms with Crippen LogP contribution >= 0.6 is 22.9 Å². The van der Waals surface area contributed by atoms with Crippen LogP contribution in [0.1, 0.15) is 17.4 Å². The van der Waals surface area contributed by atoms with E-state index in [2.05, 4.69) is 57.0 Å². The summed E-state index contributed by atoms with van der Waals surface area (Å²) in [7, 11) is 0. The number of thiophene rings is 1. The van der Waals surface area contributed by atoms with Gasteiger partial charge in [0.05, 0.1) is 5.52 Å². The van der Waals surface area contributed by atoms with E-state index in [1.54, 1.807) is 0 Å². The summed E-state index contributed by atoms with van der Waals surface area (Å²) in [5.41, 5.74) is 8.13. The van der Waals surface area contributed by atoms with E-state index < -0.39 is 0 Å². The maximum atomic E-state index is 6.14. The van der Waals surface area contributed by atoms with Gasteiger partial charge in [0, 0.05) is 58.8 Å². The van der Waals surface area contributed by atoms with Crippen molar-refractivity contribution in [3.8, 4) is 0 Å². The first kappa shape index (κ1) is 19.7. The monoisotopic (exact) mass is 437 g/mol. The molecule has 1 aliphatic heterocycles. The molecular formula is C23H24ClN5S. The lowest BCUT2D eigenvalue weighted by molar-refractivity contribution is 0.0741. The summed E-state index contributed by atoms with van der Waals surface area (Å²) >= 11 is 8.01. The van der Waals surface area contributed by atoms with Gasteiger partial charge in [-0.3, -0.25) is 9.80 Å². The third-order valence-corrected chi connectivity index (χ3v) is 7.21. The largest absolute Gasteiger partial charge is 0.383 e. The average Bonchev–Trinajstić information content (AvgIpc) is 3.12. The molecule has 5 rings (SSSR count). The average molecular weight is 438 g/mol. The number of nitrogens with zero attached hydrogens (tertiary/aromatic N) is 4. The van der Waals surface area contributed by atoms with Gasteiger partial charge in [-0.05, 0) is 54.3 Å². The first-order valence-corrected chi connectivity index (χ1v) is 11.4. The van der Waals surface area contributed by atoms with Crippen molar-refractivity contribution in [2.75, 3.05) is 25.4 Å². The van der Waals surface area contributed by atoms with Gasteiger partial charge in [-0.25, -0.2) is 9.97 Å². The molecule has 1 aliphatic rings. The molecular weight excluding hydrogens is 414 g/mol. The van der Waals surface area contributed by atoms with Crippen molar-refractivity contribution in [3.05, 3.63) is 64.3 Å². The molecule has 5 nitrogen and oxygen atoms in total.